The maximum absolute atomic E-state index is 13.2. The number of hydrogen-bond donors (Lipinski definition) is 3. The molecule has 1 aromatic carbocycles. The van der Waals surface area contributed by atoms with Crippen molar-refractivity contribution in [3.05, 3.63) is 65.8 Å². The number of amides is 1. The lowest BCUT2D eigenvalue weighted by Crippen LogP contribution is -2.40. The SMILES string of the molecule is C[C@H](O)CN1CCc2cc(-c3ccnc(Nc4cnn(C)c4)n3)ccc2[C@@H](NC(=O)c2nnc(C(C)(C)C)o2)C1. The summed E-state index contributed by atoms with van der Waals surface area (Å²) in [6, 6.07) is 7.68. The minimum absolute atomic E-state index is 0.0657. The molecular formula is C28H35N9O3. The number of carbonyl (C=O) groups excluding carboxylic acids is 1. The molecule has 0 aliphatic carbocycles. The lowest BCUT2D eigenvalue weighted by Gasteiger charge is -2.26. The maximum Gasteiger partial charge on any atom is 0.309 e. The molecule has 3 aromatic heterocycles. The van der Waals surface area contributed by atoms with Crippen LogP contribution in [0.15, 0.2) is 47.3 Å². The van der Waals surface area contributed by atoms with E-state index < -0.39 is 12.0 Å². The van der Waals surface area contributed by atoms with Gasteiger partial charge in [0.05, 0.1) is 29.7 Å². The molecule has 3 N–H and O–H groups in total. The van der Waals surface area contributed by atoms with Crippen LogP contribution < -0.4 is 10.6 Å². The fourth-order valence-electron chi connectivity index (χ4n) is 4.74. The van der Waals surface area contributed by atoms with Crippen molar-refractivity contribution in [1.29, 1.82) is 0 Å². The van der Waals surface area contributed by atoms with E-state index in [1.54, 1.807) is 24.0 Å². The highest BCUT2D eigenvalue weighted by Gasteiger charge is 2.29. The zero-order valence-electron chi connectivity index (χ0n) is 23.4. The summed E-state index contributed by atoms with van der Waals surface area (Å²) in [6.45, 7) is 9.38. The summed E-state index contributed by atoms with van der Waals surface area (Å²) >= 11 is 0. The third kappa shape index (κ3) is 6.35. The van der Waals surface area contributed by atoms with E-state index in [1.807, 2.05) is 52.2 Å². The van der Waals surface area contributed by atoms with Gasteiger partial charge in [-0.2, -0.15) is 5.10 Å². The van der Waals surface area contributed by atoms with Crippen LogP contribution in [0.3, 0.4) is 0 Å². The van der Waals surface area contributed by atoms with E-state index >= 15 is 0 Å². The Hall–Kier alpha value is -4.16. The van der Waals surface area contributed by atoms with Crippen molar-refractivity contribution in [2.75, 3.05) is 25.0 Å². The highest BCUT2D eigenvalue weighted by molar-refractivity contribution is 5.89. The predicted octanol–water partition coefficient (Wildman–Crippen LogP) is 3.01. The zero-order chi connectivity index (χ0) is 28.4. The van der Waals surface area contributed by atoms with E-state index in [-0.39, 0.29) is 17.3 Å². The Morgan fingerprint density at radius 1 is 1.25 bits per heavy atom. The van der Waals surface area contributed by atoms with Gasteiger partial charge in [-0.1, -0.05) is 32.9 Å². The van der Waals surface area contributed by atoms with E-state index in [2.05, 4.69) is 41.9 Å². The van der Waals surface area contributed by atoms with E-state index in [0.717, 1.165) is 41.0 Å². The number of aliphatic hydroxyl groups excluding tert-OH is 1. The Balaban J connectivity index is 1.41. The molecule has 12 nitrogen and oxygen atoms in total. The first-order chi connectivity index (χ1) is 19.0. The van der Waals surface area contributed by atoms with Crippen molar-refractivity contribution < 1.29 is 14.3 Å². The number of aryl methyl sites for hydroxylation is 1. The molecule has 1 amide bonds. The molecule has 0 spiro atoms. The van der Waals surface area contributed by atoms with Crippen LogP contribution in [0.25, 0.3) is 11.3 Å². The molecule has 0 saturated heterocycles. The number of nitrogens with zero attached hydrogens (tertiary/aromatic N) is 7. The van der Waals surface area contributed by atoms with Gasteiger partial charge in [0, 0.05) is 50.1 Å². The summed E-state index contributed by atoms with van der Waals surface area (Å²) in [4.78, 5) is 24.4. The van der Waals surface area contributed by atoms with Crippen molar-refractivity contribution in [3.8, 4) is 11.3 Å². The van der Waals surface area contributed by atoms with Crippen LogP contribution in [0.1, 0.15) is 61.4 Å². The summed E-state index contributed by atoms with van der Waals surface area (Å²) in [6.07, 6.45) is 5.54. The van der Waals surface area contributed by atoms with E-state index in [0.29, 0.717) is 24.9 Å². The van der Waals surface area contributed by atoms with Gasteiger partial charge in [0.1, 0.15) is 0 Å². The molecule has 0 fully saturated rings. The highest BCUT2D eigenvalue weighted by atomic mass is 16.4. The molecule has 5 rings (SSSR count). The highest BCUT2D eigenvalue weighted by Crippen LogP contribution is 2.30. The first-order valence-electron chi connectivity index (χ1n) is 13.3. The molecule has 0 saturated carbocycles. The normalized spacial score (nSPS) is 16.7. The zero-order valence-corrected chi connectivity index (χ0v) is 23.4. The average molecular weight is 546 g/mol. The molecule has 0 radical (unpaired) electrons. The molecule has 4 aromatic rings. The van der Waals surface area contributed by atoms with Gasteiger partial charge in [0.25, 0.3) is 0 Å². The molecule has 4 heterocycles. The van der Waals surface area contributed by atoms with Crippen LogP contribution in [0.5, 0.6) is 0 Å². The second-order valence-corrected chi connectivity index (χ2v) is 11.3. The van der Waals surface area contributed by atoms with Crippen LogP contribution in [-0.4, -0.2) is 71.6 Å². The van der Waals surface area contributed by atoms with Gasteiger partial charge in [-0.15, -0.1) is 10.2 Å². The minimum Gasteiger partial charge on any atom is -0.416 e. The summed E-state index contributed by atoms with van der Waals surface area (Å²) in [5.41, 5.74) is 4.25. The molecule has 40 heavy (non-hydrogen) atoms. The topological polar surface area (TPSA) is 147 Å². The monoisotopic (exact) mass is 545 g/mol. The summed E-state index contributed by atoms with van der Waals surface area (Å²) in [7, 11) is 1.85. The van der Waals surface area contributed by atoms with Gasteiger partial charge >= 0.3 is 11.8 Å². The molecule has 0 bridgehead atoms. The van der Waals surface area contributed by atoms with E-state index in [9.17, 15) is 9.90 Å². The third-order valence-corrected chi connectivity index (χ3v) is 6.66. The quantitative estimate of drug-likeness (QED) is 0.317. The molecule has 1 aliphatic heterocycles. The van der Waals surface area contributed by atoms with Gasteiger partial charge < -0.3 is 20.2 Å². The number of rotatable bonds is 7. The van der Waals surface area contributed by atoms with Crippen LogP contribution in [0, 0.1) is 0 Å². The van der Waals surface area contributed by atoms with Crippen molar-refractivity contribution >= 4 is 17.5 Å². The number of aliphatic hydroxyl groups is 1. The van der Waals surface area contributed by atoms with Crippen molar-refractivity contribution in [3.63, 3.8) is 0 Å². The molecule has 2 atom stereocenters. The Labute approximate surface area is 232 Å². The van der Waals surface area contributed by atoms with E-state index in [4.69, 9.17) is 9.40 Å². The number of β-amino-alcohol motifs (C(OH)–C–C–N with tert-alkyl or cyclic N) is 1. The lowest BCUT2D eigenvalue weighted by molar-refractivity contribution is 0.0871. The van der Waals surface area contributed by atoms with Gasteiger partial charge in [-0.25, -0.2) is 9.97 Å². The minimum atomic E-state index is -0.495. The van der Waals surface area contributed by atoms with Crippen molar-refractivity contribution in [2.24, 2.45) is 7.05 Å². The standard InChI is InChI=1S/C28H35N9O3/c1-17(38)14-37-11-9-18-12-19(22-8-10-29-27(33-22)31-20-13-30-36(5)15-20)6-7-21(18)23(16-37)32-24(39)25-34-35-26(40-25)28(2,3)4/h6-8,10,12-13,15,17,23,38H,9,11,14,16H2,1-5H3,(H,32,39)(H,29,31,33)/t17-,23-/m0/s1. The smallest absolute Gasteiger partial charge is 0.309 e. The summed E-state index contributed by atoms with van der Waals surface area (Å²) in [5, 5.41) is 28.6. The molecule has 0 unspecified atom stereocenters. The van der Waals surface area contributed by atoms with Crippen LogP contribution in [-0.2, 0) is 18.9 Å². The van der Waals surface area contributed by atoms with E-state index in [1.165, 1.54) is 0 Å². The van der Waals surface area contributed by atoms with Gasteiger partial charge in [0.15, 0.2) is 0 Å². The second-order valence-electron chi connectivity index (χ2n) is 11.3. The third-order valence-electron chi connectivity index (χ3n) is 6.66. The first-order valence-corrected chi connectivity index (χ1v) is 13.3. The van der Waals surface area contributed by atoms with Crippen LogP contribution >= 0.6 is 0 Å². The number of benzene rings is 1. The number of aromatic nitrogens is 6. The fraction of sp³-hybridized carbons (Fsp3) is 0.429. The predicted molar refractivity (Wildman–Crippen MR) is 149 cm³/mol. The number of nitrogens with one attached hydrogen (secondary N) is 2. The van der Waals surface area contributed by atoms with Gasteiger partial charge in [-0.3, -0.25) is 14.4 Å². The lowest BCUT2D eigenvalue weighted by atomic mass is 9.96. The molecule has 1 aliphatic rings. The first kappa shape index (κ1) is 27.4. The van der Waals surface area contributed by atoms with Gasteiger partial charge in [0.2, 0.25) is 11.8 Å². The Kier molecular flexibility index (Phi) is 7.63. The fourth-order valence-corrected chi connectivity index (χ4v) is 4.74. The number of carbonyl (C=O) groups is 1. The molecular weight excluding hydrogens is 510 g/mol. The Morgan fingerprint density at radius 3 is 2.77 bits per heavy atom. The van der Waals surface area contributed by atoms with Crippen molar-refractivity contribution in [2.45, 2.75) is 51.7 Å². The van der Waals surface area contributed by atoms with Crippen molar-refractivity contribution in [1.82, 2.24) is 40.2 Å². The van der Waals surface area contributed by atoms with Crippen LogP contribution in [0.2, 0.25) is 0 Å². The Bertz CT molecular complexity index is 1490. The number of anilines is 2. The van der Waals surface area contributed by atoms with Crippen LogP contribution in [0.4, 0.5) is 11.6 Å². The largest absolute Gasteiger partial charge is 0.416 e. The number of fused-ring (bicyclic) bond motifs is 1. The average Bonchev–Trinajstić information content (AvgIpc) is 3.52. The molecule has 210 valence electrons. The summed E-state index contributed by atoms with van der Waals surface area (Å²) < 4.78 is 7.39. The second kappa shape index (κ2) is 11.1. The number of hydrogen-bond acceptors (Lipinski definition) is 10. The molecule has 12 heteroatoms. The van der Waals surface area contributed by atoms with Gasteiger partial charge in [-0.05, 0) is 36.6 Å². The maximum atomic E-state index is 13.2. The Morgan fingerprint density at radius 2 is 2.08 bits per heavy atom. The summed E-state index contributed by atoms with van der Waals surface area (Å²) in [5.74, 6) is 0.386.